The summed E-state index contributed by atoms with van der Waals surface area (Å²) in [6.45, 7) is 0.857. The SMILES string of the molecule is c1cnc2c(c1)nc(C1CCCSC1)n2C1CCCO1. The molecule has 2 saturated heterocycles. The first-order chi connectivity index (χ1) is 9.93. The Morgan fingerprint density at radius 3 is 3.10 bits per heavy atom. The number of hydrogen-bond acceptors (Lipinski definition) is 4. The third-order valence-electron chi connectivity index (χ3n) is 4.20. The average Bonchev–Trinajstić information content (AvgIpc) is 3.14. The van der Waals surface area contributed by atoms with Crippen molar-refractivity contribution in [3.8, 4) is 0 Å². The number of hydrogen-bond donors (Lipinski definition) is 0. The molecule has 0 bridgehead atoms. The fourth-order valence-electron chi connectivity index (χ4n) is 3.23. The molecule has 2 aromatic heterocycles. The molecule has 2 atom stereocenters. The summed E-state index contributed by atoms with van der Waals surface area (Å²) in [4.78, 5) is 9.44. The lowest BCUT2D eigenvalue weighted by Gasteiger charge is -2.24. The van der Waals surface area contributed by atoms with Crippen molar-refractivity contribution in [2.45, 2.75) is 37.8 Å². The molecule has 2 aromatic rings. The van der Waals surface area contributed by atoms with E-state index in [0.717, 1.165) is 30.6 Å². The van der Waals surface area contributed by atoms with Crippen LogP contribution in [0.3, 0.4) is 0 Å². The molecule has 106 valence electrons. The predicted molar refractivity (Wildman–Crippen MR) is 81.1 cm³/mol. The van der Waals surface area contributed by atoms with Gasteiger partial charge in [0.2, 0.25) is 0 Å². The van der Waals surface area contributed by atoms with Crippen molar-refractivity contribution in [2.75, 3.05) is 18.1 Å². The molecule has 0 saturated carbocycles. The maximum Gasteiger partial charge on any atom is 0.162 e. The lowest BCUT2D eigenvalue weighted by atomic mass is 10.0. The molecule has 0 aromatic carbocycles. The summed E-state index contributed by atoms with van der Waals surface area (Å²) in [5, 5.41) is 0. The maximum absolute atomic E-state index is 5.91. The zero-order chi connectivity index (χ0) is 13.4. The van der Waals surface area contributed by atoms with Gasteiger partial charge < -0.3 is 4.74 Å². The number of rotatable bonds is 2. The highest BCUT2D eigenvalue weighted by atomic mass is 32.2. The Balaban J connectivity index is 1.82. The fourth-order valence-corrected chi connectivity index (χ4v) is 4.37. The normalized spacial score (nSPS) is 27.2. The second-order valence-corrected chi connectivity index (χ2v) is 6.72. The molecule has 20 heavy (non-hydrogen) atoms. The van der Waals surface area contributed by atoms with Gasteiger partial charge in [0.15, 0.2) is 5.65 Å². The third-order valence-corrected chi connectivity index (χ3v) is 5.41. The Labute approximate surface area is 122 Å². The molecule has 0 N–H and O–H groups in total. The van der Waals surface area contributed by atoms with Gasteiger partial charge in [0.05, 0.1) is 0 Å². The van der Waals surface area contributed by atoms with Crippen molar-refractivity contribution in [1.82, 2.24) is 14.5 Å². The Morgan fingerprint density at radius 1 is 1.30 bits per heavy atom. The minimum atomic E-state index is 0.136. The Hall–Kier alpha value is -1.07. The van der Waals surface area contributed by atoms with Gasteiger partial charge in [0.25, 0.3) is 0 Å². The molecule has 2 aliphatic heterocycles. The van der Waals surface area contributed by atoms with Crippen molar-refractivity contribution < 1.29 is 4.74 Å². The second kappa shape index (κ2) is 5.37. The summed E-state index contributed by atoms with van der Waals surface area (Å²) in [7, 11) is 0. The van der Waals surface area contributed by atoms with Crippen molar-refractivity contribution >= 4 is 22.9 Å². The smallest absolute Gasteiger partial charge is 0.162 e. The third kappa shape index (κ3) is 2.13. The van der Waals surface area contributed by atoms with Gasteiger partial charge in [-0.1, -0.05) is 0 Å². The van der Waals surface area contributed by atoms with Gasteiger partial charge in [-0.2, -0.15) is 11.8 Å². The van der Waals surface area contributed by atoms with Crippen LogP contribution in [-0.2, 0) is 4.74 Å². The van der Waals surface area contributed by atoms with E-state index >= 15 is 0 Å². The molecule has 2 fully saturated rings. The van der Waals surface area contributed by atoms with Crippen LogP contribution in [0.4, 0.5) is 0 Å². The van der Waals surface area contributed by atoms with E-state index in [4.69, 9.17) is 9.72 Å². The number of imidazole rings is 1. The lowest BCUT2D eigenvalue weighted by Crippen LogP contribution is -2.18. The molecule has 2 unspecified atom stereocenters. The van der Waals surface area contributed by atoms with Gasteiger partial charge in [-0.3, -0.25) is 4.57 Å². The number of ether oxygens (including phenoxy) is 1. The van der Waals surface area contributed by atoms with Crippen LogP contribution < -0.4 is 0 Å². The Bertz CT molecular complexity index is 600. The predicted octanol–water partition coefficient (Wildman–Crippen LogP) is 3.35. The molecule has 4 heterocycles. The van der Waals surface area contributed by atoms with Gasteiger partial charge in [0.1, 0.15) is 17.6 Å². The van der Waals surface area contributed by atoms with E-state index in [9.17, 15) is 0 Å². The first-order valence-electron chi connectivity index (χ1n) is 7.45. The van der Waals surface area contributed by atoms with E-state index in [1.54, 1.807) is 0 Å². The number of nitrogens with zero attached hydrogens (tertiary/aromatic N) is 3. The summed E-state index contributed by atoms with van der Waals surface area (Å²) < 4.78 is 8.19. The van der Waals surface area contributed by atoms with E-state index in [1.807, 2.05) is 24.0 Å². The fraction of sp³-hybridized carbons (Fsp3) is 0.600. The summed E-state index contributed by atoms with van der Waals surface area (Å²) in [6.07, 6.45) is 6.73. The Morgan fingerprint density at radius 2 is 2.30 bits per heavy atom. The topological polar surface area (TPSA) is 39.9 Å². The van der Waals surface area contributed by atoms with E-state index in [2.05, 4.69) is 15.6 Å². The van der Waals surface area contributed by atoms with Crippen LogP contribution in [0.2, 0.25) is 0 Å². The molecule has 0 spiro atoms. The quantitative estimate of drug-likeness (QED) is 0.850. The molecule has 4 rings (SSSR count). The van der Waals surface area contributed by atoms with E-state index < -0.39 is 0 Å². The van der Waals surface area contributed by atoms with Crippen LogP contribution in [0.25, 0.3) is 11.2 Å². The highest BCUT2D eigenvalue weighted by Crippen LogP contribution is 2.36. The van der Waals surface area contributed by atoms with Gasteiger partial charge in [-0.25, -0.2) is 9.97 Å². The van der Waals surface area contributed by atoms with Gasteiger partial charge in [-0.15, -0.1) is 0 Å². The second-order valence-electron chi connectivity index (χ2n) is 5.57. The molecule has 0 aliphatic carbocycles. The van der Waals surface area contributed by atoms with Crippen LogP contribution in [0.5, 0.6) is 0 Å². The minimum absolute atomic E-state index is 0.136. The van der Waals surface area contributed by atoms with Crippen LogP contribution in [-0.4, -0.2) is 32.6 Å². The summed E-state index contributed by atoms with van der Waals surface area (Å²) in [6, 6.07) is 4.03. The monoisotopic (exact) mass is 289 g/mol. The first kappa shape index (κ1) is 12.7. The molecular weight excluding hydrogens is 270 g/mol. The number of pyridine rings is 1. The van der Waals surface area contributed by atoms with E-state index in [-0.39, 0.29) is 6.23 Å². The largest absolute Gasteiger partial charge is 0.358 e. The highest BCUT2D eigenvalue weighted by molar-refractivity contribution is 7.99. The number of aromatic nitrogens is 3. The van der Waals surface area contributed by atoms with Crippen molar-refractivity contribution in [3.63, 3.8) is 0 Å². The zero-order valence-electron chi connectivity index (χ0n) is 11.5. The van der Waals surface area contributed by atoms with Crippen molar-refractivity contribution in [3.05, 3.63) is 24.2 Å². The molecule has 4 nitrogen and oxygen atoms in total. The summed E-state index contributed by atoms with van der Waals surface area (Å²) >= 11 is 2.04. The van der Waals surface area contributed by atoms with Crippen LogP contribution in [0, 0.1) is 0 Å². The molecular formula is C15H19N3OS. The minimum Gasteiger partial charge on any atom is -0.358 e. The molecule has 0 radical (unpaired) electrons. The Kier molecular flexibility index (Phi) is 3.40. The van der Waals surface area contributed by atoms with Crippen molar-refractivity contribution in [2.24, 2.45) is 0 Å². The van der Waals surface area contributed by atoms with Crippen LogP contribution in [0.15, 0.2) is 18.3 Å². The first-order valence-corrected chi connectivity index (χ1v) is 8.61. The molecule has 2 aliphatic rings. The highest BCUT2D eigenvalue weighted by Gasteiger charge is 2.28. The lowest BCUT2D eigenvalue weighted by molar-refractivity contribution is 0.0563. The van der Waals surface area contributed by atoms with Crippen molar-refractivity contribution in [1.29, 1.82) is 0 Å². The summed E-state index contributed by atoms with van der Waals surface area (Å²) in [5.41, 5.74) is 2.00. The van der Waals surface area contributed by atoms with Crippen LogP contribution >= 0.6 is 11.8 Å². The molecule has 5 heteroatoms. The van der Waals surface area contributed by atoms with Gasteiger partial charge >= 0.3 is 0 Å². The zero-order valence-corrected chi connectivity index (χ0v) is 12.3. The van der Waals surface area contributed by atoms with Gasteiger partial charge in [0, 0.05) is 24.5 Å². The average molecular weight is 289 g/mol. The van der Waals surface area contributed by atoms with Crippen LogP contribution in [0.1, 0.15) is 43.7 Å². The maximum atomic E-state index is 5.91. The van der Waals surface area contributed by atoms with E-state index in [1.165, 1.54) is 30.2 Å². The van der Waals surface area contributed by atoms with Gasteiger partial charge in [-0.05, 0) is 43.6 Å². The number of fused-ring (bicyclic) bond motifs is 1. The molecule has 0 amide bonds. The summed E-state index contributed by atoms with van der Waals surface area (Å²) in [5.74, 6) is 4.20. The van der Waals surface area contributed by atoms with E-state index in [0.29, 0.717) is 5.92 Å². The standard InChI is InChI=1S/C15H19N3OS/c1-5-12-15(16-7-1)18(13-6-2-8-19-13)14(17-12)11-4-3-9-20-10-11/h1,5,7,11,13H,2-4,6,8-10H2. The number of thioether (sulfide) groups is 1.